The van der Waals surface area contributed by atoms with Gasteiger partial charge in [0.05, 0.1) is 5.56 Å². The molecule has 0 aliphatic heterocycles. The maximum Gasteiger partial charge on any atom is 0.222 e. The number of hydrogen-bond donors (Lipinski definition) is 1. The second kappa shape index (κ2) is 5.24. The molecule has 1 N–H and O–H groups in total. The molecule has 1 rings (SSSR count). The van der Waals surface area contributed by atoms with Gasteiger partial charge >= 0.3 is 0 Å². The molecular weight excluding hydrogens is 166 g/mol. The van der Waals surface area contributed by atoms with Crippen LogP contribution in [0.25, 0.3) is 0 Å². The number of unbranched alkanes of at least 4 members (excludes halogenated alkanes) is 1. The molecule has 0 fully saturated rings. The van der Waals surface area contributed by atoms with Crippen LogP contribution in [0.3, 0.4) is 0 Å². The van der Waals surface area contributed by atoms with Crippen molar-refractivity contribution in [3.05, 3.63) is 18.0 Å². The van der Waals surface area contributed by atoms with Crippen molar-refractivity contribution in [3.63, 3.8) is 0 Å². The van der Waals surface area contributed by atoms with Crippen molar-refractivity contribution >= 4 is 12.2 Å². The van der Waals surface area contributed by atoms with Crippen LogP contribution in [0.15, 0.2) is 12.4 Å². The number of carbonyl (C=O) groups is 1. The van der Waals surface area contributed by atoms with Crippen LogP contribution in [0.2, 0.25) is 0 Å². The van der Waals surface area contributed by atoms with Gasteiger partial charge in [-0.15, -0.1) is 0 Å². The van der Waals surface area contributed by atoms with Crippen LogP contribution in [0.1, 0.15) is 30.1 Å². The van der Waals surface area contributed by atoms with Crippen LogP contribution >= 0.6 is 0 Å². The SMILES string of the molecule is CCCCNc1ncc(C=O)cn1. The summed E-state index contributed by atoms with van der Waals surface area (Å²) in [5, 5.41) is 3.06. The van der Waals surface area contributed by atoms with Crippen molar-refractivity contribution in [1.82, 2.24) is 9.97 Å². The molecule has 0 amide bonds. The molecule has 1 heterocycles. The molecule has 0 spiro atoms. The lowest BCUT2D eigenvalue weighted by Crippen LogP contribution is -2.04. The number of aromatic nitrogens is 2. The highest BCUT2D eigenvalue weighted by Gasteiger charge is 1.94. The predicted octanol–water partition coefficient (Wildman–Crippen LogP) is 1.50. The zero-order valence-electron chi connectivity index (χ0n) is 7.66. The lowest BCUT2D eigenvalue weighted by molar-refractivity contribution is 0.112. The van der Waals surface area contributed by atoms with Gasteiger partial charge in [0.1, 0.15) is 0 Å². The molecule has 4 heteroatoms. The molecule has 0 bridgehead atoms. The molecule has 0 saturated heterocycles. The maximum absolute atomic E-state index is 10.3. The van der Waals surface area contributed by atoms with E-state index in [2.05, 4.69) is 22.2 Å². The molecule has 70 valence electrons. The summed E-state index contributed by atoms with van der Waals surface area (Å²) in [6.07, 6.45) is 5.98. The van der Waals surface area contributed by atoms with Crippen molar-refractivity contribution in [1.29, 1.82) is 0 Å². The fourth-order valence-corrected chi connectivity index (χ4v) is 0.867. The second-order valence-electron chi connectivity index (χ2n) is 2.74. The maximum atomic E-state index is 10.3. The fourth-order valence-electron chi connectivity index (χ4n) is 0.867. The molecule has 0 unspecified atom stereocenters. The molecule has 0 saturated carbocycles. The Bertz CT molecular complexity index is 258. The largest absolute Gasteiger partial charge is 0.354 e. The average molecular weight is 179 g/mol. The molecular formula is C9H13N3O. The van der Waals surface area contributed by atoms with Crippen LogP contribution in [0.5, 0.6) is 0 Å². The van der Waals surface area contributed by atoms with Gasteiger partial charge in [0, 0.05) is 18.9 Å². The average Bonchev–Trinajstić information content (AvgIpc) is 2.19. The lowest BCUT2D eigenvalue weighted by Gasteiger charge is -2.01. The minimum absolute atomic E-state index is 0.501. The van der Waals surface area contributed by atoms with E-state index < -0.39 is 0 Å². The number of anilines is 1. The predicted molar refractivity (Wildman–Crippen MR) is 50.8 cm³/mol. The molecule has 1 aromatic heterocycles. The molecule has 13 heavy (non-hydrogen) atoms. The highest BCUT2D eigenvalue weighted by Crippen LogP contribution is 1.98. The number of carbonyl (C=O) groups excluding carboxylic acids is 1. The van der Waals surface area contributed by atoms with E-state index in [-0.39, 0.29) is 0 Å². The van der Waals surface area contributed by atoms with Crippen molar-refractivity contribution < 1.29 is 4.79 Å². The number of nitrogens with one attached hydrogen (secondary N) is 1. The fraction of sp³-hybridized carbons (Fsp3) is 0.444. The van der Waals surface area contributed by atoms with E-state index in [1.807, 2.05) is 0 Å². The molecule has 0 aliphatic carbocycles. The van der Waals surface area contributed by atoms with Gasteiger partial charge in [-0.2, -0.15) is 0 Å². The highest BCUT2D eigenvalue weighted by molar-refractivity contribution is 5.73. The zero-order valence-corrected chi connectivity index (χ0v) is 7.66. The van der Waals surface area contributed by atoms with Crippen LogP contribution in [-0.4, -0.2) is 22.8 Å². The number of nitrogens with zero attached hydrogens (tertiary/aromatic N) is 2. The Morgan fingerprint density at radius 3 is 2.69 bits per heavy atom. The quantitative estimate of drug-likeness (QED) is 0.549. The van der Waals surface area contributed by atoms with Gasteiger partial charge in [-0.3, -0.25) is 4.79 Å². The second-order valence-corrected chi connectivity index (χ2v) is 2.74. The minimum atomic E-state index is 0.501. The summed E-state index contributed by atoms with van der Waals surface area (Å²) in [6.45, 7) is 3.00. The Balaban J connectivity index is 2.44. The standard InChI is InChI=1S/C9H13N3O/c1-2-3-4-10-9-11-5-8(7-13)6-12-9/h5-7H,2-4H2,1H3,(H,10,11,12). The normalized spacial score (nSPS) is 9.62. The van der Waals surface area contributed by atoms with Crippen LogP contribution in [-0.2, 0) is 0 Å². The summed E-state index contributed by atoms with van der Waals surface area (Å²) in [6, 6.07) is 0. The summed E-state index contributed by atoms with van der Waals surface area (Å²) >= 11 is 0. The van der Waals surface area contributed by atoms with Gasteiger partial charge in [0.2, 0.25) is 5.95 Å². The van der Waals surface area contributed by atoms with E-state index in [4.69, 9.17) is 0 Å². The molecule has 0 aromatic carbocycles. The third kappa shape index (κ3) is 3.19. The molecule has 1 aromatic rings. The zero-order chi connectivity index (χ0) is 9.52. The number of aldehydes is 1. The topological polar surface area (TPSA) is 54.9 Å². The van der Waals surface area contributed by atoms with E-state index in [9.17, 15) is 4.79 Å². The summed E-state index contributed by atoms with van der Waals surface area (Å²) in [5.74, 6) is 0.582. The Morgan fingerprint density at radius 1 is 1.46 bits per heavy atom. The summed E-state index contributed by atoms with van der Waals surface area (Å²) < 4.78 is 0. The number of rotatable bonds is 5. The molecule has 4 nitrogen and oxygen atoms in total. The third-order valence-corrected chi connectivity index (χ3v) is 1.62. The Hall–Kier alpha value is -1.45. The van der Waals surface area contributed by atoms with E-state index in [0.29, 0.717) is 11.5 Å². The highest BCUT2D eigenvalue weighted by atomic mass is 16.1. The van der Waals surface area contributed by atoms with Gasteiger partial charge in [-0.1, -0.05) is 13.3 Å². The summed E-state index contributed by atoms with van der Waals surface area (Å²) in [7, 11) is 0. The van der Waals surface area contributed by atoms with Crippen molar-refractivity contribution in [2.45, 2.75) is 19.8 Å². The molecule has 0 aliphatic rings. The monoisotopic (exact) mass is 179 g/mol. The van der Waals surface area contributed by atoms with Crippen LogP contribution < -0.4 is 5.32 Å². The summed E-state index contributed by atoms with van der Waals surface area (Å²) in [4.78, 5) is 18.2. The molecule has 0 atom stereocenters. The van der Waals surface area contributed by atoms with Gasteiger partial charge in [0.25, 0.3) is 0 Å². The Kier molecular flexibility index (Phi) is 3.88. The summed E-state index contributed by atoms with van der Waals surface area (Å²) in [5.41, 5.74) is 0.501. The van der Waals surface area contributed by atoms with Crippen LogP contribution in [0.4, 0.5) is 5.95 Å². The van der Waals surface area contributed by atoms with Crippen molar-refractivity contribution in [3.8, 4) is 0 Å². The van der Waals surface area contributed by atoms with Gasteiger partial charge in [0.15, 0.2) is 6.29 Å². The van der Waals surface area contributed by atoms with Crippen molar-refractivity contribution in [2.75, 3.05) is 11.9 Å². The van der Waals surface area contributed by atoms with Crippen molar-refractivity contribution in [2.24, 2.45) is 0 Å². The minimum Gasteiger partial charge on any atom is -0.354 e. The van der Waals surface area contributed by atoms with E-state index in [1.54, 1.807) is 0 Å². The van der Waals surface area contributed by atoms with E-state index >= 15 is 0 Å². The first-order valence-electron chi connectivity index (χ1n) is 4.38. The van der Waals surface area contributed by atoms with E-state index in [1.165, 1.54) is 12.4 Å². The van der Waals surface area contributed by atoms with Gasteiger partial charge in [-0.05, 0) is 6.42 Å². The van der Waals surface area contributed by atoms with Gasteiger partial charge < -0.3 is 5.32 Å². The first-order chi connectivity index (χ1) is 6.36. The smallest absolute Gasteiger partial charge is 0.222 e. The first kappa shape index (κ1) is 9.64. The number of hydrogen-bond acceptors (Lipinski definition) is 4. The molecule has 0 radical (unpaired) electrons. The van der Waals surface area contributed by atoms with Crippen LogP contribution in [0, 0.1) is 0 Å². The van der Waals surface area contributed by atoms with E-state index in [0.717, 1.165) is 25.7 Å². The Morgan fingerprint density at radius 2 is 2.15 bits per heavy atom. The third-order valence-electron chi connectivity index (χ3n) is 1.62. The van der Waals surface area contributed by atoms with Gasteiger partial charge in [-0.25, -0.2) is 9.97 Å². The lowest BCUT2D eigenvalue weighted by atomic mass is 10.3. The Labute approximate surface area is 77.4 Å². The first-order valence-corrected chi connectivity index (χ1v) is 4.38.